The largest absolute Gasteiger partial charge is 0.481 e. The lowest BCUT2D eigenvalue weighted by Gasteiger charge is -2.47. The number of nitrogens with one attached hydrogen (secondary N) is 2. The number of hydrogen-bond acceptors (Lipinski definition) is 7. The molecule has 0 spiro atoms. The molecule has 10 heteroatoms. The Bertz CT molecular complexity index is 1390. The second-order valence-electron chi connectivity index (χ2n) is 9.17. The van der Waals surface area contributed by atoms with Gasteiger partial charge < -0.3 is 15.4 Å². The third kappa shape index (κ3) is 3.73. The number of halogens is 1. The minimum atomic E-state index is -0.725. The number of aliphatic carboxylic acids is 1. The standard InChI is InChI=1S/C24H23ClN6O2S/c1-11-2-7-16(34-11)15-8-18(30-20-13-5-3-12(4-6-13)19(20)24(32)33)31-22(28-15)14-9-26-23-21(14)29-17(25)10-27-23/h2,7-10,12-13,19-20H,3-6H2,1H3,(H,26,27)(H,32,33)(H,28,30,31)/t12?,13?,19-,20-/m1/s1. The average molecular weight is 495 g/mol. The Morgan fingerprint density at radius 2 is 1.97 bits per heavy atom. The summed E-state index contributed by atoms with van der Waals surface area (Å²) in [4.78, 5) is 35.9. The smallest absolute Gasteiger partial charge is 0.308 e. The van der Waals surface area contributed by atoms with Crippen molar-refractivity contribution >= 4 is 45.9 Å². The molecule has 2 bridgehead atoms. The van der Waals surface area contributed by atoms with Gasteiger partial charge in [0.15, 0.2) is 11.5 Å². The Balaban J connectivity index is 1.46. The van der Waals surface area contributed by atoms with Crippen LogP contribution in [-0.2, 0) is 4.79 Å². The molecule has 4 aromatic rings. The van der Waals surface area contributed by atoms with E-state index in [1.807, 2.05) is 12.1 Å². The summed E-state index contributed by atoms with van der Waals surface area (Å²) in [5.74, 6) is 0.523. The molecule has 0 radical (unpaired) electrons. The molecule has 34 heavy (non-hydrogen) atoms. The zero-order valence-corrected chi connectivity index (χ0v) is 20.0. The number of rotatable bonds is 5. The van der Waals surface area contributed by atoms with Crippen LogP contribution in [0.4, 0.5) is 5.82 Å². The highest BCUT2D eigenvalue weighted by Crippen LogP contribution is 2.46. The molecule has 0 aromatic carbocycles. The van der Waals surface area contributed by atoms with Gasteiger partial charge >= 0.3 is 5.97 Å². The summed E-state index contributed by atoms with van der Waals surface area (Å²) >= 11 is 7.77. The average Bonchev–Trinajstić information content (AvgIpc) is 3.45. The molecule has 0 aliphatic heterocycles. The number of hydrogen-bond donors (Lipinski definition) is 3. The molecule has 3 aliphatic carbocycles. The monoisotopic (exact) mass is 494 g/mol. The topological polar surface area (TPSA) is 117 Å². The fourth-order valence-corrected chi connectivity index (χ4v) is 6.53. The number of aromatic nitrogens is 5. The van der Waals surface area contributed by atoms with Crippen molar-refractivity contribution in [3.63, 3.8) is 0 Å². The van der Waals surface area contributed by atoms with Gasteiger partial charge in [0.05, 0.1) is 28.2 Å². The number of H-pyrrole nitrogens is 1. The van der Waals surface area contributed by atoms with E-state index in [4.69, 9.17) is 21.6 Å². The van der Waals surface area contributed by atoms with Crippen molar-refractivity contribution in [2.75, 3.05) is 5.32 Å². The third-order valence-corrected chi connectivity index (χ3v) is 8.34. The van der Waals surface area contributed by atoms with Crippen molar-refractivity contribution < 1.29 is 9.90 Å². The van der Waals surface area contributed by atoms with Crippen molar-refractivity contribution in [1.29, 1.82) is 0 Å². The van der Waals surface area contributed by atoms with Gasteiger partial charge in [-0.2, -0.15) is 0 Å². The van der Waals surface area contributed by atoms with Crippen LogP contribution >= 0.6 is 22.9 Å². The van der Waals surface area contributed by atoms with E-state index >= 15 is 0 Å². The van der Waals surface area contributed by atoms with E-state index in [2.05, 4.69) is 33.3 Å². The van der Waals surface area contributed by atoms with Crippen LogP contribution in [0.25, 0.3) is 33.1 Å². The highest BCUT2D eigenvalue weighted by Gasteiger charge is 2.47. The highest BCUT2D eigenvalue weighted by molar-refractivity contribution is 7.15. The summed E-state index contributed by atoms with van der Waals surface area (Å²) in [6.45, 7) is 2.06. The zero-order chi connectivity index (χ0) is 23.4. The summed E-state index contributed by atoms with van der Waals surface area (Å²) in [5.41, 5.74) is 2.68. The summed E-state index contributed by atoms with van der Waals surface area (Å²) in [7, 11) is 0. The van der Waals surface area contributed by atoms with Gasteiger partial charge in [0, 0.05) is 23.2 Å². The van der Waals surface area contributed by atoms with E-state index in [9.17, 15) is 9.90 Å². The molecule has 4 heterocycles. The first kappa shape index (κ1) is 21.5. The fraction of sp³-hybridized carbons (Fsp3) is 0.375. The van der Waals surface area contributed by atoms with Crippen molar-refractivity contribution in [2.24, 2.45) is 17.8 Å². The van der Waals surface area contributed by atoms with Crippen molar-refractivity contribution in [2.45, 2.75) is 38.6 Å². The van der Waals surface area contributed by atoms with E-state index in [1.165, 1.54) is 11.1 Å². The van der Waals surface area contributed by atoms with Crippen molar-refractivity contribution in [3.8, 4) is 22.0 Å². The molecule has 3 N–H and O–H groups in total. The molecule has 3 fully saturated rings. The van der Waals surface area contributed by atoms with Gasteiger partial charge in [-0.15, -0.1) is 11.3 Å². The van der Waals surface area contributed by atoms with Crippen LogP contribution in [-0.4, -0.2) is 42.0 Å². The van der Waals surface area contributed by atoms with Crippen LogP contribution in [0.1, 0.15) is 30.6 Å². The maximum atomic E-state index is 12.2. The van der Waals surface area contributed by atoms with Gasteiger partial charge in [0.1, 0.15) is 16.5 Å². The lowest BCUT2D eigenvalue weighted by molar-refractivity contribution is -0.148. The predicted octanol–water partition coefficient (Wildman–Crippen LogP) is 5.41. The number of thiophene rings is 1. The quantitative estimate of drug-likeness (QED) is 0.339. The van der Waals surface area contributed by atoms with Gasteiger partial charge in [0.2, 0.25) is 0 Å². The molecule has 0 amide bonds. The van der Waals surface area contributed by atoms with Crippen LogP contribution in [0.15, 0.2) is 30.6 Å². The fourth-order valence-electron chi connectivity index (χ4n) is 5.56. The summed E-state index contributed by atoms with van der Waals surface area (Å²) in [5, 5.41) is 13.8. The number of anilines is 1. The molecule has 3 saturated carbocycles. The van der Waals surface area contributed by atoms with Crippen LogP contribution in [0.5, 0.6) is 0 Å². The zero-order valence-electron chi connectivity index (χ0n) is 18.5. The predicted molar refractivity (Wildman–Crippen MR) is 132 cm³/mol. The molecule has 4 aromatic heterocycles. The third-order valence-electron chi connectivity index (χ3n) is 7.13. The second kappa shape index (κ2) is 8.32. The van der Waals surface area contributed by atoms with E-state index in [0.717, 1.165) is 36.3 Å². The number of aryl methyl sites for hydroxylation is 1. The van der Waals surface area contributed by atoms with E-state index in [0.29, 0.717) is 39.4 Å². The van der Waals surface area contributed by atoms with Gasteiger partial charge in [-0.3, -0.25) is 4.79 Å². The first-order chi connectivity index (χ1) is 16.5. The summed E-state index contributed by atoms with van der Waals surface area (Å²) in [6, 6.07) is 5.88. The molecule has 8 nitrogen and oxygen atoms in total. The van der Waals surface area contributed by atoms with Crippen LogP contribution < -0.4 is 5.32 Å². The Morgan fingerprint density at radius 3 is 2.71 bits per heavy atom. The minimum Gasteiger partial charge on any atom is -0.481 e. The molecule has 0 saturated heterocycles. The summed E-state index contributed by atoms with van der Waals surface area (Å²) in [6.07, 6.45) is 7.36. The van der Waals surface area contributed by atoms with Gasteiger partial charge in [-0.05, 0) is 56.6 Å². The van der Waals surface area contributed by atoms with Crippen LogP contribution in [0.2, 0.25) is 5.15 Å². The normalized spacial score (nSPS) is 23.9. The summed E-state index contributed by atoms with van der Waals surface area (Å²) < 4.78 is 0. The second-order valence-corrected chi connectivity index (χ2v) is 10.8. The van der Waals surface area contributed by atoms with Crippen LogP contribution in [0.3, 0.4) is 0 Å². The first-order valence-corrected chi connectivity index (χ1v) is 12.6. The first-order valence-electron chi connectivity index (χ1n) is 11.4. The van der Waals surface area contributed by atoms with Gasteiger partial charge in [-0.1, -0.05) is 11.6 Å². The molecule has 7 rings (SSSR count). The maximum Gasteiger partial charge on any atom is 0.308 e. The Kier molecular flexibility index (Phi) is 5.26. The SMILES string of the molecule is Cc1ccc(-c2cc(N[C@@H]3C4CCC(CC4)[C@H]3C(=O)O)nc(-c3c[nH]c4ncc(Cl)nc34)n2)s1. The molecule has 174 valence electrons. The number of carboxylic acid groups (broad SMARTS) is 1. The lowest BCUT2D eigenvalue weighted by atomic mass is 9.61. The number of carboxylic acids is 1. The molecule has 0 unspecified atom stereocenters. The number of fused-ring (bicyclic) bond motifs is 4. The van der Waals surface area contributed by atoms with E-state index in [1.54, 1.807) is 17.5 Å². The molecule has 2 atom stereocenters. The Labute approximate surface area is 204 Å². The molecular formula is C24H23ClN6O2S. The number of carbonyl (C=O) groups is 1. The van der Waals surface area contributed by atoms with Gasteiger partial charge in [0.25, 0.3) is 0 Å². The Morgan fingerprint density at radius 1 is 1.18 bits per heavy atom. The van der Waals surface area contributed by atoms with E-state index < -0.39 is 11.9 Å². The number of aromatic amines is 1. The molecular weight excluding hydrogens is 472 g/mol. The number of nitrogens with zero attached hydrogens (tertiary/aromatic N) is 4. The highest BCUT2D eigenvalue weighted by atomic mass is 35.5. The maximum absolute atomic E-state index is 12.2. The van der Waals surface area contributed by atoms with Crippen molar-refractivity contribution in [3.05, 3.63) is 40.6 Å². The van der Waals surface area contributed by atoms with E-state index in [-0.39, 0.29) is 12.0 Å². The van der Waals surface area contributed by atoms with Gasteiger partial charge in [-0.25, -0.2) is 19.9 Å². The minimum absolute atomic E-state index is 0.150. The lowest BCUT2D eigenvalue weighted by Crippen LogP contribution is -2.51. The Hall–Kier alpha value is -3.04. The molecule has 3 aliphatic rings. The van der Waals surface area contributed by atoms with Crippen LogP contribution in [0, 0.1) is 24.7 Å². The van der Waals surface area contributed by atoms with Crippen molar-refractivity contribution in [1.82, 2.24) is 24.9 Å².